The molecule has 0 atom stereocenters. The number of ether oxygens (including phenoxy) is 1. The van der Waals surface area contributed by atoms with Crippen molar-refractivity contribution < 1.29 is 14.3 Å². The number of hydrogen-bond acceptors (Lipinski definition) is 3. The maximum atomic E-state index is 12.7. The maximum absolute atomic E-state index is 12.7. The van der Waals surface area contributed by atoms with Crippen LogP contribution >= 0.6 is 0 Å². The van der Waals surface area contributed by atoms with Crippen molar-refractivity contribution >= 4 is 5.71 Å². The van der Waals surface area contributed by atoms with Crippen LogP contribution in [0, 0.1) is 5.82 Å². The Morgan fingerprint density at radius 1 is 1.46 bits per heavy atom. The van der Waals surface area contributed by atoms with Gasteiger partial charge in [-0.1, -0.05) is 5.16 Å². The summed E-state index contributed by atoms with van der Waals surface area (Å²) in [6.45, 7) is 0.426. The van der Waals surface area contributed by atoms with Crippen molar-refractivity contribution in [3.05, 3.63) is 29.6 Å². The second-order valence-corrected chi connectivity index (χ2v) is 2.79. The summed E-state index contributed by atoms with van der Waals surface area (Å²) in [7, 11) is 0. The van der Waals surface area contributed by atoms with Gasteiger partial charge in [-0.05, 0) is 12.1 Å². The van der Waals surface area contributed by atoms with Crippen LogP contribution < -0.4 is 4.74 Å². The first-order valence-electron chi connectivity index (χ1n) is 3.95. The van der Waals surface area contributed by atoms with Crippen LogP contribution in [-0.2, 0) is 0 Å². The lowest BCUT2D eigenvalue weighted by Gasteiger charge is -2.17. The second kappa shape index (κ2) is 3.05. The fourth-order valence-corrected chi connectivity index (χ4v) is 1.35. The molecule has 1 N–H and O–H groups in total. The van der Waals surface area contributed by atoms with E-state index in [-0.39, 0.29) is 5.82 Å². The Hall–Kier alpha value is -1.58. The highest BCUT2D eigenvalue weighted by molar-refractivity contribution is 6.03. The topological polar surface area (TPSA) is 41.8 Å². The molecule has 0 spiro atoms. The van der Waals surface area contributed by atoms with Gasteiger partial charge >= 0.3 is 0 Å². The molecule has 1 aliphatic rings. The van der Waals surface area contributed by atoms with Gasteiger partial charge in [0.15, 0.2) is 0 Å². The van der Waals surface area contributed by atoms with Gasteiger partial charge in [0.05, 0.1) is 12.3 Å². The minimum atomic E-state index is -0.349. The number of hydrogen-bond donors (Lipinski definition) is 1. The van der Waals surface area contributed by atoms with Gasteiger partial charge in [-0.3, -0.25) is 0 Å². The molecule has 1 aliphatic heterocycles. The van der Waals surface area contributed by atoms with E-state index < -0.39 is 0 Å². The van der Waals surface area contributed by atoms with Gasteiger partial charge in [0.25, 0.3) is 0 Å². The molecule has 4 heteroatoms. The molecule has 0 saturated heterocycles. The van der Waals surface area contributed by atoms with Crippen molar-refractivity contribution in [1.82, 2.24) is 0 Å². The minimum Gasteiger partial charge on any atom is -0.492 e. The Labute approximate surface area is 74.4 Å². The Balaban J connectivity index is 2.52. The van der Waals surface area contributed by atoms with Crippen molar-refractivity contribution in [2.24, 2.45) is 5.16 Å². The summed E-state index contributed by atoms with van der Waals surface area (Å²) in [5.74, 6) is 0.0944. The lowest BCUT2D eigenvalue weighted by molar-refractivity contribution is 0.297. The third kappa shape index (κ3) is 1.35. The molecule has 0 fully saturated rings. The number of fused-ring (bicyclic) bond motifs is 1. The van der Waals surface area contributed by atoms with E-state index in [4.69, 9.17) is 9.94 Å². The summed E-state index contributed by atoms with van der Waals surface area (Å²) >= 11 is 0. The lowest BCUT2D eigenvalue weighted by atomic mass is 10.0. The fourth-order valence-electron chi connectivity index (χ4n) is 1.35. The molecule has 0 bridgehead atoms. The number of halogens is 1. The first-order valence-corrected chi connectivity index (χ1v) is 3.95. The van der Waals surface area contributed by atoms with Crippen LogP contribution in [0.4, 0.5) is 4.39 Å². The van der Waals surface area contributed by atoms with E-state index >= 15 is 0 Å². The average Bonchev–Trinajstić information content (AvgIpc) is 2.16. The van der Waals surface area contributed by atoms with E-state index in [1.807, 2.05) is 0 Å². The van der Waals surface area contributed by atoms with Gasteiger partial charge in [-0.25, -0.2) is 4.39 Å². The van der Waals surface area contributed by atoms with Gasteiger partial charge < -0.3 is 9.94 Å². The average molecular weight is 181 g/mol. The molecule has 13 heavy (non-hydrogen) atoms. The Bertz CT molecular complexity index is 363. The molecule has 2 rings (SSSR count). The highest BCUT2D eigenvalue weighted by Crippen LogP contribution is 2.25. The van der Waals surface area contributed by atoms with Crippen LogP contribution in [-0.4, -0.2) is 17.5 Å². The third-order valence-corrected chi connectivity index (χ3v) is 1.97. The highest BCUT2D eigenvalue weighted by atomic mass is 19.1. The zero-order chi connectivity index (χ0) is 9.26. The summed E-state index contributed by atoms with van der Waals surface area (Å²) in [6, 6.07) is 4.16. The van der Waals surface area contributed by atoms with Gasteiger partial charge in [0, 0.05) is 18.1 Å². The SMILES string of the molecule is O/N=C1\CCOc2cc(F)ccc21. The summed E-state index contributed by atoms with van der Waals surface area (Å²) < 4.78 is 17.9. The van der Waals surface area contributed by atoms with E-state index in [9.17, 15) is 4.39 Å². The van der Waals surface area contributed by atoms with Gasteiger partial charge in [-0.15, -0.1) is 0 Å². The second-order valence-electron chi connectivity index (χ2n) is 2.79. The van der Waals surface area contributed by atoms with E-state index in [0.717, 1.165) is 0 Å². The molecule has 68 valence electrons. The molecule has 1 aromatic carbocycles. The zero-order valence-corrected chi connectivity index (χ0v) is 6.83. The molecule has 0 aromatic heterocycles. The first-order chi connectivity index (χ1) is 6.31. The van der Waals surface area contributed by atoms with Crippen LogP contribution in [0.25, 0.3) is 0 Å². The standard InChI is InChI=1S/C9H8FNO2/c10-6-1-2-7-8(11-12)3-4-13-9(7)5-6/h1-2,5,12H,3-4H2/b11-8+. The summed E-state index contributed by atoms with van der Waals surface area (Å²) in [4.78, 5) is 0. The smallest absolute Gasteiger partial charge is 0.131 e. The lowest BCUT2D eigenvalue weighted by Crippen LogP contribution is -2.16. The van der Waals surface area contributed by atoms with E-state index in [0.29, 0.717) is 30.1 Å². The third-order valence-electron chi connectivity index (χ3n) is 1.97. The van der Waals surface area contributed by atoms with Crippen molar-refractivity contribution in [2.45, 2.75) is 6.42 Å². The molecule has 1 aromatic rings. The van der Waals surface area contributed by atoms with E-state index in [1.54, 1.807) is 6.07 Å². The van der Waals surface area contributed by atoms with Crippen molar-refractivity contribution in [3.8, 4) is 5.75 Å². The molecule has 1 heterocycles. The monoisotopic (exact) mass is 181 g/mol. The van der Waals surface area contributed by atoms with Crippen LogP contribution in [0.1, 0.15) is 12.0 Å². The predicted octanol–water partition coefficient (Wildman–Crippen LogP) is 1.79. The largest absolute Gasteiger partial charge is 0.492 e. The quantitative estimate of drug-likeness (QED) is 0.489. The highest BCUT2D eigenvalue weighted by Gasteiger charge is 2.17. The Kier molecular flexibility index (Phi) is 1.88. The van der Waals surface area contributed by atoms with Gasteiger partial charge in [-0.2, -0.15) is 0 Å². The molecule has 0 unspecified atom stereocenters. The van der Waals surface area contributed by atoms with Gasteiger partial charge in [0.2, 0.25) is 0 Å². The summed E-state index contributed by atoms with van der Waals surface area (Å²) in [5.41, 5.74) is 1.21. The normalized spacial score (nSPS) is 18.1. The minimum absolute atomic E-state index is 0.349. The number of rotatable bonds is 0. The molecule has 0 amide bonds. The van der Waals surface area contributed by atoms with Crippen LogP contribution in [0.3, 0.4) is 0 Å². The summed E-state index contributed by atoms with van der Waals surface area (Å²) in [5, 5.41) is 11.8. The zero-order valence-electron chi connectivity index (χ0n) is 6.83. The molecule has 3 nitrogen and oxygen atoms in total. The molecule has 0 radical (unpaired) electrons. The Morgan fingerprint density at radius 2 is 2.31 bits per heavy atom. The van der Waals surface area contributed by atoms with Crippen LogP contribution in [0.15, 0.2) is 23.4 Å². The van der Waals surface area contributed by atoms with Crippen molar-refractivity contribution in [2.75, 3.05) is 6.61 Å². The van der Waals surface area contributed by atoms with Gasteiger partial charge in [0.1, 0.15) is 11.6 Å². The first kappa shape index (κ1) is 8.04. The predicted molar refractivity (Wildman–Crippen MR) is 44.8 cm³/mol. The van der Waals surface area contributed by atoms with E-state index in [2.05, 4.69) is 5.16 Å². The Morgan fingerprint density at radius 3 is 3.08 bits per heavy atom. The summed E-state index contributed by atoms with van der Waals surface area (Å²) in [6.07, 6.45) is 0.551. The molecular formula is C9H8FNO2. The van der Waals surface area contributed by atoms with Crippen molar-refractivity contribution in [1.29, 1.82) is 0 Å². The molecule has 0 saturated carbocycles. The van der Waals surface area contributed by atoms with Crippen LogP contribution in [0.2, 0.25) is 0 Å². The molecular weight excluding hydrogens is 173 g/mol. The molecule has 0 aliphatic carbocycles. The number of oxime groups is 1. The fraction of sp³-hybridized carbons (Fsp3) is 0.222. The number of benzene rings is 1. The number of nitrogens with zero attached hydrogens (tertiary/aromatic N) is 1. The van der Waals surface area contributed by atoms with Crippen molar-refractivity contribution in [3.63, 3.8) is 0 Å². The maximum Gasteiger partial charge on any atom is 0.131 e. The van der Waals surface area contributed by atoms with Crippen LogP contribution in [0.5, 0.6) is 5.75 Å². The van der Waals surface area contributed by atoms with E-state index in [1.165, 1.54) is 12.1 Å².